The van der Waals surface area contributed by atoms with E-state index in [0.29, 0.717) is 11.1 Å². The summed E-state index contributed by atoms with van der Waals surface area (Å²) in [7, 11) is 1.31. The quantitative estimate of drug-likeness (QED) is 0.590. The number of carbonyl (C=O) groups is 1. The van der Waals surface area contributed by atoms with E-state index in [4.69, 9.17) is 5.26 Å². The van der Waals surface area contributed by atoms with E-state index in [1.165, 1.54) is 7.11 Å². The fourth-order valence-electron chi connectivity index (χ4n) is 1.08. The summed E-state index contributed by atoms with van der Waals surface area (Å²) >= 11 is 2.04. The lowest BCUT2D eigenvalue weighted by atomic mass is 10.1. The largest absolute Gasteiger partial charge is 0.465 e. The number of esters is 1. The molecule has 0 saturated carbocycles. The smallest absolute Gasteiger partial charge is 0.340 e. The summed E-state index contributed by atoms with van der Waals surface area (Å²) < 4.78 is 5.39. The van der Waals surface area contributed by atoms with Crippen molar-refractivity contribution < 1.29 is 9.53 Å². The van der Waals surface area contributed by atoms with Crippen molar-refractivity contribution in [1.82, 2.24) is 0 Å². The molecule has 0 radical (unpaired) electrons. The van der Waals surface area contributed by atoms with Crippen LogP contribution in [0, 0.1) is 21.8 Å². The molecule has 0 bridgehead atoms. The van der Waals surface area contributed by atoms with E-state index in [-0.39, 0.29) is 0 Å². The highest BCUT2D eigenvalue weighted by atomic mass is 127. The molecule has 14 heavy (non-hydrogen) atoms. The summed E-state index contributed by atoms with van der Waals surface area (Å²) in [6.07, 6.45) is 0. The second kappa shape index (κ2) is 4.42. The Bertz CT molecular complexity index is 421. The lowest BCUT2D eigenvalue weighted by molar-refractivity contribution is 0.0599. The van der Waals surface area contributed by atoms with Crippen molar-refractivity contribution in [3.05, 3.63) is 32.4 Å². The van der Waals surface area contributed by atoms with Gasteiger partial charge in [0.2, 0.25) is 0 Å². The zero-order valence-corrected chi connectivity index (χ0v) is 9.95. The predicted molar refractivity (Wildman–Crippen MR) is 60.0 cm³/mol. The summed E-state index contributed by atoms with van der Waals surface area (Å²) in [4.78, 5) is 11.4. The first-order valence-electron chi connectivity index (χ1n) is 3.89. The van der Waals surface area contributed by atoms with E-state index in [1.54, 1.807) is 6.07 Å². The number of nitrogens with zero attached hydrogens (tertiary/aromatic N) is 1. The summed E-state index contributed by atoms with van der Waals surface area (Å²) in [6, 6.07) is 5.41. The van der Waals surface area contributed by atoms with E-state index in [2.05, 4.69) is 4.74 Å². The van der Waals surface area contributed by atoms with E-state index in [0.717, 1.165) is 9.13 Å². The number of carbonyl (C=O) groups excluding carboxylic acids is 1. The third kappa shape index (κ3) is 1.87. The molecule has 1 aromatic carbocycles. The van der Waals surface area contributed by atoms with Gasteiger partial charge in [0.1, 0.15) is 6.07 Å². The zero-order chi connectivity index (χ0) is 10.7. The van der Waals surface area contributed by atoms with Crippen LogP contribution in [0.15, 0.2) is 12.1 Å². The SMILES string of the molecule is COC(=O)c1c(C#N)ccc(C)c1I. The lowest BCUT2D eigenvalue weighted by Gasteiger charge is -2.06. The van der Waals surface area contributed by atoms with Gasteiger partial charge in [0.15, 0.2) is 0 Å². The van der Waals surface area contributed by atoms with Gasteiger partial charge < -0.3 is 4.74 Å². The van der Waals surface area contributed by atoms with Gasteiger partial charge in [0.25, 0.3) is 0 Å². The van der Waals surface area contributed by atoms with Gasteiger partial charge in [-0.05, 0) is 41.1 Å². The number of rotatable bonds is 1. The maximum atomic E-state index is 11.4. The minimum absolute atomic E-state index is 0.354. The third-order valence-electron chi connectivity index (χ3n) is 1.85. The van der Waals surface area contributed by atoms with Crippen LogP contribution in [-0.4, -0.2) is 13.1 Å². The Hall–Kier alpha value is -1.09. The Morgan fingerprint density at radius 1 is 1.57 bits per heavy atom. The van der Waals surface area contributed by atoms with E-state index < -0.39 is 5.97 Å². The minimum atomic E-state index is -0.463. The molecule has 3 nitrogen and oxygen atoms in total. The molecule has 0 saturated heterocycles. The molecule has 0 atom stereocenters. The van der Waals surface area contributed by atoms with Gasteiger partial charge in [-0.15, -0.1) is 0 Å². The standard InChI is InChI=1S/C10H8INO2/c1-6-3-4-7(5-12)8(9(6)11)10(13)14-2/h3-4H,1-2H3. The van der Waals surface area contributed by atoms with Crippen LogP contribution >= 0.6 is 22.6 Å². The topological polar surface area (TPSA) is 50.1 Å². The van der Waals surface area contributed by atoms with Crippen LogP contribution < -0.4 is 0 Å². The fourth-order valence-corrected chi connectivity index (χ4v) is 1.77. The Kier molecular flexibility index (Phi) is 3.47. The van der Waals surface area contributed by atoms with E-state index >= 15 is 0 Å². The van der Waals surface area contributed by atoms with Crippen molar-refractivity contribution in [1.29, 1.82) is 5.26 Å². The summed E-state index contributed by atoms with van der Waals surface area (Å²) in [5, 5.41) is 8.82. The molecular weight excluding hydrogens is 293 g/mol. The number of aryl methyl sites for hydroxylation is 1. The average Bonchev–Trinajstić information content (AvgIpc) is 2.20. The highest BCUT2D eigenvalue weighted by Crippen LogP contribution is 2.21. The van der Waals surface area contributed by atoms with E-state index in [1.807, 2.05) is 41.7 Å². The summed E-state index contributed by atoms with van der Waals surface area (Å²) in [6.45, 7) is 1.88. The molecule has 0 spiro atoms. The number of hydrogen-bond acceptors (Lipinski definition) is 3. The number of benzene rings is 1. The van der Waals surface area contributed by atoms with Crippen molar-refractivity contribution in [2.75, 3.05) is 7.11 Å². The van der Waals surface area contributed by atoms with Crippen LogP contribution in [0.2, 0.25) is 0 Å². The fraction of sp³-hybridized carbons (Fsp3) is 0.200. The van der Waals surface area contributed by atoms with Gasteiger partial charge >= 0.3 is 5.97 Å². The molecule has 1 rings (SSSR count). The second-order valence-electron chi connectivity index (χ2n) is 2.72. The molecule has 0 fully saturated rings. The van der Waals surface area contributed by atoms with Gasteiger partial charge in [-0.1, -0.05) is 6.07 Å². The second-order valence-corrected chi connectivity index (χ2v) is 3.80. The Labute approximate surface area is 95.8 Å². The minimum Gasteiger partial charge on any atom is -0.465 e. The third-order valence-corrected chi connectivity index (χ3v) is 3.24. The molecule has 0 amide bonds. The highest BCUT2D eigenvalue weighted by molar-refractivity contribution is 14.1. The zero-order valence-electron chi connectivity index (χ0n) is 7.80. The highest BCUT2D eigenvalue weighted by Gasteiger charge is 2.16. The van der Waals surface area contributed by atoms with Crippen LogP contribution in [0.3, 0.4) is 0 Å². The van der Waals surface area contributed by atoms with Gasteiger partial charge in [-0.25, -0.2) is 4.79 Å². The van der Waals surface area contributed by atoms with Crippen molar-refractivity contribution >= 4 is 28.6 Å². The number of ether oxygens (including phenoxy) is 1. The first kappa shape index (κ1) is 11.0. The number of methoxy groups -OCH3 is 1. The molecule has 0 aliphatic rings. The normalized spacial score (nSPS) is 9.29. The molecule has 0 heterocycles. The lowest BCUT2D eigenvalue weighted by Crippen LogP contribution is -2.07. The molecular formula is C10H8INO2. The van der Waals surface area contributed by atoms with Crippen LogP contribution in [0.4, 0.5) is 0 Å². The Morgan fingerprint density at radius 3 is 2.71 bits per heavy atom. The van der Waals surface area contributed by atoms with Crippen molar-refractivity contribution in [2.24, 2.45) is 0 Å². The molecule has 72 valence electrons. The van der Waals surface area contributed by atoms with Gasteiger partial charge in [0, 0.05) is 3.57 Å². The number of halogens is 1. The summed E-state index contributed by atoms with van der Waals surface area (Å²) in [5.41, 5.74) is 1.67. The van der Waals surface area contributed by atoms with Crippen molar-refractivity contribution in [3.8, 4) is 6.07 Å². The average molecular weight is 301 g/mol. The van der Waals surface area contributed by atoms with Gasteiger partial charge in [0.05, 0.1) is 18.2 Å². The molecule has 0 N–H and O–H groups in total. The summed E-state index contributed by atoms with van der Waals surface area (Å²) in [5.74, 6) is -0.463. The maximum Gasteiger partial charge on any atom is 0.340 e. The first-order valence-corrected chi connectivity index (χ1v) is 4.97. The Morgan fingerprint density at radius 2 is 2.21 bits per heavy atom. The number of nitriles is 1. The first-order chi connectivity index (χ1) is 6.61. The Balaban J connectivity index is 3.45. The van der Waals surface area contributed by atoms with Crippen molar-refractivity contribution in [3.63, 3.8) is 0 Å². The van der Waals surface area contributed by atoms with Crippen LogP contribution in [0.1, 0.15) is 21.5 Å². The molecule has 0 aliphatic heterocycles. The van der Waals surface area contributed by atoms with Crippen LogP contribution in [-0.2, 0) is 4.74 Å². The molecule has 0 unspecified atom stereocenters. The number of hydrogen-bond donors (Lipinski definition) is 0. The van der Waals surface area contributed by atoms with Gasteiger partial charge in [-0.2, -0.15) is 5.26 Å². The molecule has 1 aromatic rings. The predicted octanol–water partition coefficient (Wildman–Crippen LogP) is 2.26. The molecule has 4 heteroatoms. The van der Waals surface area contributed by atoms with Crippen LogP contribution in [0.25, 0.3) is 0 Å². The maximum absolute atomic E-state index is 11.4. The van der Waals surface area contributed by atoms with E-state index in [9.17, 15) is 4.79 Å². The van der Waals surface area contributed by atoms with Crippen LogP contribution in [0.5, 0.6) is 0 Å². The van der Waals surface area contributed by atoms with Gasteiger partial charge in [-0.3, -0.25) is 0 Å². The molecule has 0 aromatic heterocycles. The monoisotopic (exact) mass is 301 g/mol. The van der Waals surface area contributed by atoms with Crippen molar-refractivity contribution in [2.45, 2.75) is 6.92 Å². The molecule has 0 aliphatic carbocycles.